The molecule has 1 atom stereocenters. The molecule has 1 aromatic carbocycles. The maximum Gasteiger partial charge on any atom is 0.133 e. The van der Waals surface area contributed by atoms with Crippen LogP contribution in [0.25, 0.3) is 0 Å². The molecular weight excluding hydrogens is 282 g/mol. The Morgan fingerprint density at radius 1 is 1.35 bits per heavy atom. The van der Waals surface area contributed by atoms with Crippen molar-refractivity contribution in [2.75, 3.05) is 13.2 Å². The summed E-state index contributed by atoms with van der Waals surface area (Å²) in [4.78, 5) is 0. The van der Waals surface area contributed by atoms with Gasteiger partial charge in [0.25, 0.3) is 0 Å². The maximum atomic E-state index is 8.65. The van der Waals surface area contributed by atoms with Crippen LogP contribution < -0.4 is 10.5 Å². The van der Waals surface area contributed by atoms with Crippen LogP contribution in [0.2, 0.25) is 0 Å². The van der Waals surface area contributed by atoms with Crippen molar-refractivity contribution in [3.05, 3.63) is 28.2 Å². The van der Waals surface area contributed by atoms with E-state index in [9.17, 15) is 0 Å². The molecule has 0 heterocycles. The van der Waals surface area contributed by atoms with Crippen LogP contribution in [0.5, 0.6) is 5.75 Å². The first-order valence-corrected chi connectivity index (χ1v) is 6.73. The molecule has 1 aromatic rings. The molecule has 4 heteroatoms. The lowest BCUT2D eigenvalue weighted by Gasteiger charge is -2.11. The van der Waals surface area contributed by atoms with Gasteiger partial charge in [0.1, 0.15) is 5.75 Å². The molecule has 3 nitrogen and oxygen atoms in total. The molecule has 0 amide bonds. The number of hydrogen-bond donors (Lipinski definition) is 2. The molecule has 0 saturated heterocycles. The average molecular weight is 302 g/mol. The largest absolute Gasteiger partial charge is 0.492 e. The van der Waals surface area contributed by atoms with E-state index < -0.39 is 0 Å². The summed E-state index contributed by atoms with van der Waals surface area (Å²) >= 11 is 3.48. The van der Waals surface area contributed by atoms with E-state index >= 15 is 0 Å². The van der Waals surface area contributed by atoms with E-state index in [1.807, 2.05) is 25.1 Å². The Morgan fingerprint density at radius 2 is 2.12 bits per heavy atom. The van der Waals surface area contributed by atoms with Crippen molar-refractivity contribution >= 4 is 15.9 Å². The van der Waals surface area contributed by atoms with E-state index in [-0.39, 0.29) is 12.6 Å². The zero-order valence-corrected chi connectivity index (χ0v) is 11.7. The minimum Gasteiger partial charge on any atom is -0.492 e. The van der Waals surface area contributed by atoms with Crippen LogP contribution in [-0.2, 0) is 0 Å². The number of hydrogen-bond acceptors (Lipinski definition) is 3. The highest BCUT2D eigenvalue weighted by molar-refractivity contribution is 9.10. The number of ether oxygens (including phenoxy) is 1. The highest BCUT2D eigenvalue weighted by atomic mass is 79.9. The van der Waals surface area contributed by atoms with E-state index in [1.165, 1.54) is 0 Å². The number of unbranched alkanes of at least 4 members (excludes halogenated alkanes) is 2. The van der Waals surface area contributed by atoms with Crippen molar-refractivity contribution in [3.8, 4) is 5.75 Å². The van der Waals surface area contributed by atoms with Gasteiger partial charge in [-0.25, -0.2) is 0 Å². The van der Waals surface area contributed by atoms with Gasteiger partial charge in [0.2, 0.25) is 0 Å². The Bertz CT molecular complexity index is 342. The van der Waals surface area contributed by atoms with E-state index in [0.717, 1.165) is 35.0 Å². The lowest BCUT2D eigenvalue weighted by atomic mass is 10.1. The van der Waals surface area contributed by atoms with Crippen molar-refractivity contribution in [2.24, 2.45) is 5.73 Å². The Labute approximate surface area is 111 Å². The van der Waals surface area contributed by atoms with Crippen LogP contribution in [0.3, 0.4) is 0 Å². The number of aliphatic hydroxyl groups is 1. The molecule has 0 radical (unpaired) electrons. The zero-order chi connectivity index (χ0) is 12.7. The summed E-state index contributed by atoms with van der Waals surface area (Å²) < 4.78 is 6.59. The fourth-order valence-electron chi connectivity index (χ4n) is 1.49. The van der Waals surface area contributed by atoms with Crippen molar-refractivity contribution in [2.45, 2.75) is 32.2 Å². The molecule has 1 rings (SSSR count). The topological polar surface area (TPSA) is 55.5 Å². The summed E-state index contributed by atoms with van der Waals surface area (Å²) in [5.41, 5.74) is 6.89. The van der Waals surface area contributed by atoms with Gasteiger partial charge in [-0.1, -0.05) is 6.07 Å². The Kier molecular flexibility index (Phi) is 6.55. The van der Waals surface area contributed by atoms with E-state index in [4.69, 9.17) is 15.6 Å². The highest BCUT2D eigenvalue weighted by Gasteiger charge is 2.05. The lowest BCUT2D eigenvalue weighted by molar-refractivity contribution is 0.265. The van der Waals surface area contributed by atoms with Crippen molar-refractivity contribution in [3.63, 3.8) is 0 Å². The minimum atomic E-state index is 0.0323. The van der Waals surface area contributed by atoms with Gasteiger partial charge in [-0.3, -0.25) is 0 Å². The number of halogens is 1. The molecule has 0 aliphatic rings. The summed E-state index contributed by atoms with van der Waals surface area (Å²) in [6.45, 7) is 2.89. The smallest absolute Gasteiger partial charge is 0.133 e. The van der Waals surface area contributed by atoms with Crippen molar-refractivity contribution in [1.82, 2.24) is 0 Å². The molecule has 0 spiro atoms. The monoisotopic (exact) mass is 301 g/mol. The summed E-state index contributed by atoms with van der Waals surface area (Å²) in [6.07, 6.45) is 2.79. The van der Waals surface area contributed by atoms with E-state index in [0.29, 0.717) is 6.61 Å². The first kappa shape index (κ1) is 14.5. The van der Waals surface area contributed by atoms with Gasteiger partial charge in [0.15, 0.2) is 0 Å². The standard InChI is InChI=1S/C13H20BrNO2/c1-10(15)11-5-6-13(12(14)9-11)17-8-4-2-3-7-16/h5-6,9-10,16H,2-4,7-8,15H2,1H3/t10-/m0/s1. The Balaban J connectivity index is 2.43. The van der Waals surface area contributed by atoms with Crippen LogP contribution >= 0.6 is 15.9 Å². The molecule has 0 fully saturated rings. The number of aliphatic hydroxyl groups excluding tert-OH is 1. The molecular formula is C13H20BrNO2. The van der Waals surface area contributed by atoms with Gasteiger partial charge in [-0.2, -0.15) is 0 Å². The van der Waals surface area contributed by atoms with E-state index in [2.05, 4.69) is 15.9 Å². The van der Waals surface area contributed by atoms with Crippen LogP contribution in [0.15, 0.2) is 22.7 Å². The Hall–Kier alpha value is -0.580. The summed E-state index contributed by atoms with van der Waals surface area (Å²) in [6, 6.07) is 5.95. The number of rotatable bonds is 7. The average Bonchev–Trinajstić information content (AvgIpc) is 2.30. The molecule has 3 N–H and O–H groups in total. The zero-order valence-electron chi connectivity index (χ0n) is 10.2. The summed E-state index contributed by atoms with van der Waals surface area (Å²) in [5, 5.41) is 8.65. The minimum absolute atomic E-state index is 0.0323. The third-order valence-electron chi connectivity index (χ3n) is 2.54. The molecule has 0 aliphatic heterocycles. The molecule has 0 saturated carbocycles. The van der Waals surface area contributed by atoms with Crippen LogP contribution in [0.4, 0.5) is 0 Å². The van der Waals surface area contributed by atoms with Gasteiger partial charge >= 0.3 is 0 Å². The molecule has 0 aliphatic carbocycles. The molecule has 0 bridgehead atoms. The third-order valence-corrected chi connectivity index (χ3v) is 3.16. The lowest BCUT2D eigenvalue weighted by Crippen LogP contribution is -2.05. The molecule has 17 heavy (non-hydrogen) atoms. The fourth-order valence-corrected chi connectivity index (χ4v) is 2.00. The first-order chi connectivity index (χ1) is 8.15. The molecule has 0 unspecified atom stereocenters. The quantitative estimate of drug-likeness (QED) is 0.761. The first-order valence-electron chi connectivity index (χ1n) is 5.94. The normalized spacial score (nSPS) is 12.5. The second-order valence-electron chi connectivity index (χ2n) is 4.11. The predicted molar refractivity (Wildman–Crippen MR) is 73.2 cm³/mol. The third kappa shape index (κ3) is 5.06. The second-order valence-corrected chi connectivity index (χ2v) is 4.97. The van der Waals surface area contributed by atoms with Crippen LogP contribution in [0.1, 0.15) is 37.8 Å². The van der Waals surface area contributed by atoms with Gasteiger partial charge in [0, 0.05) is 12.6 Å². The molecule has 96 valence electrons. The van der Waals surface area contributed by atoms with Gasteiger partial charge < -0.3 is 15.6 Å². The molecule has 0 aromatic heterocycles. The van der Waals surface area contributed by atoms with Crippen molar-refractivity contribution < 1.29 is 9.84 Å². The fraction of sp³-hybridized carbons (Fsp3) is 0.538. The maximum absolute atomic E-state index is 8.65. The van der Waals surface area contributed by atoms with Crippen LogP contribution in [-0.4, -0.2) is 18.3 Å². The van der Waals surface area contributed by atoms with E-state index in [1.54, 1.807) is 0 Å². The number of benzene rings is 1. The summed E-state index contributed by atoms with van der Waals surface area (Å²) in [7, 11) is 0. The van der Waals surface area contributed by atoms with Gasteiger partial charge in [-0.05, 0) is 59.8 Å². The van der Waals surface area contributed by atoms with Crippen LogP contribution in [0, 0.1) is 0 Å². The van der Waals surface area contributed by atoms with Crippen molar-refractivity contribution in [1.29, 1.82) is 0 Å². The predicted octanol–water partition coefficient (Wildman–Crippen LogP) is 3.01. The highest BCUT2D eigenvalue weighted by Crippen LogP contribution is 2.27. The second kappa shape index (κ2) is 7.69. The number of nitrogens with two attached hydrogens (primary N) is 1. The van der Waals surface area contributed by atoms with Gasteiger partial charge in [0.05, 0.1) is 11.1 Å². The Morgan fingerprint density at radius 3 is 2.71 bits per heavy atom. The van der Waals surface area contributed by atoms with Gasteiger partial charge in [-0.15, -0.1) is 0 Å². The summed E-state index contributed by atoms with van der Waals surface area (Å²) in [5.74, 6) is 0.846. The SMILES string of the molecule is C[C@H](N)c1ccc(OCCCCCO)c(Br)c1.